The van der Waals surface area contributed by atoms with Crippen molar-refractivity contribution in [2.24, 2.45) is 4.99 Å². The topological polar surface area (TPSA) is 24.4 Å². The average molecular weight is 246 g/mol. The Balaban J connectivity index is 1.85. The van der Waals surface area contributed by atoms with E-state index in [1.54, 1.807) is 0 Å². The third-order valence-corrected chi connectivity index (χ3v) is 4.10. The van der Waals surface area contributed by atoms with Crippen molar-refractivity contribution < 1.29 is 0 Å². The maximum atomic E-state index is 4.43. The first-order chi connectivity index (χ1) is 7.33. The highest BCUT2D eigenvalue weighted by molar-refractivity contribution is 8.14. The van der Waals surface area contributed by atoms with Crippen LogP contribution in [0.4, 0.5) is 0 Å². The molecule has 0 aromatic rings. The van der Waals surface area contributed by atoms with Gasteiger partial charge in [-0.3, -0.25) is 4.99 Å². The Kier molecular flexibility index (Phi) is 7.36. The van der Waals surface area contributed by atoms with Crippen molar-refractivity contribution in [3.05, 3.63) is 0 Å². The summed E-state index contributed by atoms with van der Waals surface area (Å²) in [5, 5.41) is 5.24. The van der Waals surface area contributed by atoms with Crippen LogP contribution in [-0.4, -0.2) is 35.5 Å². The van der Waals surface area contributed by atoms with E-state index in [-0.39, 0.29) is 0 Å². The Morgan fingerprint density at radius 2 is 2.20 bits per heavy atom. The Morgan fingerprint density at radius 1 is 1.40 bits per heavy atom. The van der Waals surface area contributed by atoms with Crippen LogP contribution >= 0.6 is 23.5 Å². The molecule has 1 N–H and O–H groups in total. The van der Waals surface area contributed by atoms with Crippen LogP contribution in [0.3, 0.4) is 0 Å². The molecule has 1 atom stereocenters. The third kappa shape index (κ3) is 6.36. The summed E-state index contributed by atoms with van der Waals surface area (Å²) in [6, 6.07) is 0. The van der Waals surface area contributed by atoms with Gasteiger partial charge >= 0.3 is 0 Å². The Hall–Kier alpha value is 0.170. The molecule has 1 unspecified atom stereocenters. The van der Waals surface area contributed by atoms with Crippen molar-refractivity contribution in [3.63, 3.8) is 0 Å². The molecular formula is C11H22N2S2. The lowest BCUT2D eigenvalue weighted by molar-refractivity contribution is 0.659. The minimum Gasteiger partial charge on any atom is -0.365 e. The molecule has 0 aliphatic carbocycles. The second-order valence-electron chi connectivity index (χ2n) is 3.91. The molecule has 0 spiro atoms. The predicted molar refractivity (Wildman–Crippen MR) is 74.2 cm³/mol. The maximum Gasteiger partial charge on any atom is 0.156 e. The van der Waals surface area contributed by atoms with Gasteiger partial charge in [-0.2, -0.15) is 11.8 Å². The van der Waals surface area contributed by atoms with Crippen molar-refractivity contribution in [2.75, 3.05) is 25.1 Å². The first-order valence-corrected chi connectivity index (χ1v) is 8.04. The normalized spacial score (nSPS) is 20.4. The van der Waals surface area contributed by atoms with Gasteiger partial charge in [0.25, 0.3) is 0 Å². The molecule has 0 saturated heterocycles. The Bertz CT molecular complexity index is 195. The van der Waals surface area contributed by atoms with E-state index in [9.17, 15) is 0 Å². The standard InChI is InChI=1S/C11H22N2S2/c1-10-9-13-11(15-10)12-7-5-3-4-6-8-14-2/h10H,3-9H2,1-2H3,(H,12,13). The minimum atomic E-state index is 0.675. The number of rotatable bonds is 7. The average Bonchev–Trinajstić information content (AvgIpc) is 2.63. The first-order valence-electron chi connectivity index (χ1n) is 5.77. The molecule has 0 aromatic heterocycles. The smallest absolute Gasteiger partial charge is 0.156 e. The lowest BCUT2D eigenvalue weighted by atomic mass is 10.2. The second-order valence-corrected chi connectivity index (χ2v) is 6.32. The van der Waals surface area contributed by atoms with E-state index >= 15 is 0 Å². The summed E-state index contributed by atoms with van der Waals surface area (Å²) < 4.78 is 0. The van der Waals surface area contributed by atoms with Crippen LogP contribution < -0.4 is 5.32 Å². The minimum absolute atomic E-state index is 0.675. The maximum absolute atomic E-state index is 4.43. The summed E-state index contributed by atoms with van der Waals surface area (Å²) in [5.74, 6) is 1.31. The quantitative estimate of drug-likeness (QED) is 0.699. The summed E-state index contributed by atoms with van der Waals surface area (Å²) >= 11 is 3.82. The van der Waals surface area contributed by atoms with E-state index in [0.29, 0.717) is 5.25 Å². The summed E-state index contributed by atoms with van der Waals surface area (Å²) in [4.78, 5) is 4.43. The highest BCUT2D eigenvalue weighted by Crippen LogP contribution is 2.18. The zero-order valence-corrected chi connectivity index (χ0v) is 11.4. The van der Waals surface area contributed by atoms with Crippen LogP contribution in [0.5, 0.6) is 0 Å². The molecule has 0 saturated carbocycles. The number of nitrogens with one attached hydrogen (secondary N) is 1. The van der Waals surface area contributed by atoms with Gasteiger partial charge in [0, 0.05) is 11.8 Å². The van der Waals surface area contributed by atoms with Crippen LogP contribution in [0, 0.1) is 0 Å². The number of hydrogen-bond donors (Lipinski definition) is 1. The van der Waals surface area contributed by atoms with Crippen molar-refractivity contribution in [1.82, 2.24) is 5.32 Å². The van der Waals surface area contributed by atoms with Crippen LogP contribution in [0.25, 0.3) is 0 Å². The van der Waals surface area contributed by atoms with Gasteiger partial charge in [0.15, 0.2) is 5.17 Å². The zero-order chi connectivity index (χ0) is 10.9. The molecule has 1 rings (SSSR count). The highest BCUT2D eigenvalue weighted by atomic mass is 32.2. The molecule has 0 bridgehead atoms. The molecular weight excluding hydrogens is 224 g/mol. The van der Waals surface area contributed by atoms with E-state index in [0.717, 1.165) is 18.3 Å². The predicted octanol–water partition coefficient (Wildman–Crippen LogP) is 2.99. The molecule has 88 valence electrons. The fourth-order valence-electron chi connectivity index (χ4n) is 1.49. The number of hydrogen-bond acceptors (Lipinski definition) is 4. The lowest BCUT2D eigenvalue weighted by Gasteiger charge is -2.05. The monoisotopic (exact) mass is 246 g/mol. The zero-order valence-electron chi connectivity index (χ0n) is 9.79. The number of unbranched alkanes of at least 4 members (excludes halogenated alkanes) is 3. The molecule has 1 aliphatic rings. The first kappa shape index (κ1) is 13.2. The Morgan fingerprint density at radius 3 is 2.87 bits per heavy atom. The van der Waals surface area contributed by atoms with E-state index in [1.807, 2.05) is 23.5 Å². The van der Waals surface area contributed by atoms with E-state index < -0.39 is 0 Å². The lowest BCUT2D eigenvalue weighted by Crippen LogP contribution is -2.20. The van der Waals surface area contributed by atoms with Crippen LogP contribution in [0.2, 0.25) is 0 Å². The van der Waals surface area contributed by atoms with Crippen LogP contribution in [-0.2, 0) is 0 Å². The number of nitrogens with zero attached hydrogens (tertiary/aromatic N) is 1. The molecule has 0 aromatic carbocycles. The Labute approximate surface area is 102 Å². The number of thioether (sulfide) groups is 2. The largest absolute Gasteiger partial charge is 0.365 e. The van der Waals surface area contributed by atoms with Crippen molar-refractivity contribution in [3.8, 4) is 0 Å². The van der Waals surface area contributed by atoms with Gasteiger partial charge in [-0.05, 0) is 24.9 Å². The molecule has 15 heavy (non-hydrogen) atoms. The van der Waals surface area contributed by atoms with Gasteiger partial charge < -0.3 is 5.32 Å². The molecule has 0 fully saturated rings. The van der Waals surface area contributed by atoms with Gasteiger partial charge in [-0.25, -0.2) is 0 Å². The number of aliphatic imine (C=N–C) groups is 1. The van der Waals surface area contributed by atoms with Gasteiger partial charge in [0.2, 0.25) is 0 Å². The van der Waals surface area contributed by atoms with Gasteiger partial charge in [-0.15, -0.1) is 0 Å². The van der Waals surface area contributed by atoms with Crippen molar-refractivity contribution >= 4 is 28.7 Å². The summed E-state index contributed by atoms with van der Waals surface area (Å²) in [5.41, 5.74) is 0. The van der Waals surface area contributed by atoms with Gasteiger partial charge in [-0.1, -0.05) is 31.5 Å². The molecule has 1 aliphatic heterocycles. The van der Waals surface area contributed by atoms with Gasteiger partial charge in [0.05, 0.1) is 6.54 Å². The third-order valence-electron chi connectivity index (χ3n) is 2.36. The SMILES string of the molecule is CSCCCCCCNC1=NCC(C)S1. The summed E-state index contributed by atoms with van der Waals surface area (Å²) in [6.07, 6.45) is 7.55. The molecule has 0 amide bonds. The number of amidine groups is 1. The van der Waals surface area contributed by atoms with E-state index in [1.165, 1.54) is 31.4 Å². The highest BCUT2D eigenvalue weighted by Gasteiger charge is 2.13. The van der Waals surface area contributed by atoms with Gasteiger partial charge in [0.1, 0.15) is 0 Å². The molecule has 1 heterocycles. The fraction of sp³-hybridized carbons (Fsp3) is 0.909. The molecule has 0 radical (unpaired) electrons. The van der Waals surface area contributed by atoms with E-state index in [4.69, 9.17) is 0 Å². The fourth-order valence-corrected chi connectivity index (χ4v) is 2.85. The van der Waals surface area contributed by atoms with Crippen LogP contribution in [0.15, 0.2) is 4.99 Å². The van der Waals surface area contributed by atoms with Crippen molar-refractivity contribution in [2.45, 2.75) is 37.9 Å². The van der Waals surface area contributed by atoms with Crippen molar-refractivity contribution in [1.29, 1.82) is 0 Å². The van der Waals surface area contributed by atoms with E-state index in [2.05, 4.69) is 23.5 Å². The summed E-state index contributed by atoms with van der Waals surface area (Å²) in [6.45, 7) is 4.31. The van der Waals surface area contributed by atoms with Crippen LogP contribution in [0.1, 0.15) is 32.6 Å². The molecule has 4 heteroatoms. The second kappa shape index (κ2) is 8.34. The summed E-state index contributed by atoms with van der Waals surface area (Å²) in [7, 11) is 0. The molecule has 2 nitrogen and oxygen atoms in total.